The molecule has 1 aliphatic rings. The molecule has 20 heavy (non-hydrogen) atoms. The lowest BCUT2D eigenvalue weighted by Crippen LogP contribution is -2.38. The van der Waals surface area contributed by atoms with E-state index in [1.165, 1.54) is 6.07 Å². The molecule has 0 atom stereocenters. The van der Waals surface area contributed by atoms with Gasteiger partial charge in [-0.15, -0.1) is 0 Å². The van der Waals surface area contributed by atoms with Crippen LogP contribution in [0.4, 0.5) is 5.69 Å². The van der Waals surface area contributed by atoms with Gasteiger partial charge in [0.25, 0.3) is 11.6 Å². The fraction of sp³-hybridized carbons (Fsp3) is 0.500. The van der Waals surface area contributed by atoms with E-state index in [-0.39, 0.29) is 17.2 Å². The van der Waals surface area contributed by atoms with Crippen LogP contribution < -0.4 is 0 Å². The van der Waals surface area contributed by atoms with Crippen molar-refractivity contribution in [3.63, 3.8) is 0 Å². The third-order valence-electron chi connectivity index (χ3n) is 3.71. The number of nitrogens with zero attached hydrogens (tertiary/aromatic N) is 2. The lowest BCUT2D eigenvalue weighted by molar-refractivity contribution is -0.385. The summed E-state index contributed by atoms with van der Waals surface area (Å²) >= 11 is 3.52. The number of carbonyl (C=O) groups is 1. The maximum absolute atomic E-state index is 12.4. The van der Waals surface area contributed by atoms with Crippen LogP contribution >= 0.6 is 15.9 Å². The number of benzene rings is 1. The second-order valence-corrected chi connectivity index (χ2v) is 6.64. The molecule has 0 radical (unpaired) electrons. The topological polar surface area (TPSA) is 63.5 Å². The predicted molar refractivity (Wildman–Crippen MR) is 80.2 cm³/mol. The third kappa shape index (κ3) is 3.00. The van der Waals surface area contributed by atoms with E-state index < -0.39 is 4.92 Å². The first-order chi connectivity index (χ1) is 9.40. The van der Waals surface area contributed by atoms with Crippen molar-refractivity contribution in [3.8, 4) is 0 Å². The average Bonchev–Trinajstić information content (AvgIpc) is 2.35. The Bertz CT molecular complexity index is 541. The summed E-state index contributed by atoms with van der Waals surface area (Å²) < 4.78 is 0. The molecule has 2 rings (SSSR count). The molecule has 1 aromatic rings. The fourth-order valence-corrected chi connectivity index (χ4v) is 3.61. The van der Waals surface area contributed by atoms with Gasteiger partial charge in [0.2, 0.25) is 0 Å². The van der Waals surface area contributed by atoms with Gasteiger partial charge in [0.1, 0.15) is 5.56 Å². The number of aryl methyl sites for hydroxylation is 1. The molecule has 1 saturated carbocycles. The molecule has 5 nitrogen and oxygen atoms in total. The minimum atomic E-state index is -0.478. The normalized spacial score (nSPS) is 21.1. The SMILES string of the molecule is Cc1cccc(C(=O)N(C)CC2CC(Br)C2)c1[N+](=O)[O-]. The van der Waals surface area contributed by atoms with Crippen molar-refractivity contribution in [2.75, 3.05) is 13.6 Å². The van der Waals surface area contributed by atoms with E-state index in [0.717, 1.165) is 12.8 Å². The summed E-state index contributed by atoms with van der Waals surface area (Å²) in [5.74, 6) is 0.204. The second-order valence-electron chi connectivity index (χ2n) is 5.35. The van der Waals surface area contributed by atoms with Gasteiger partial charge in [-0.25, -0.2) is 0 Å². The highest BCUT2D eigenvalue weighted by Gasteiger charge is 2.31. The highest BCUT2D eigenvalue weighted by atomic mass is 79.9. The first kappa shape index (κ1) is 15.0. The summed E-state index contributed by atoms with van der Waals surface area (Å²) in [7, 11) is 1.70. The largest absolute Gasteiger partial charge is 0.341 e. The molecule has 1 fully saturated rings. The van der Waals surface area contributed by atoms with E-state index in [2.05, 4.69) is 15.9 Å². The van der Waals surface area contributed by atoms with Crippen LogP contribution in [-0.4, -0.2) is 34.2 Å². The van der Waals surface area contributed by atoms with Gasteiger partial charge < -0.3 is 4.90 Å². The number of carbonyl (C=O) groups excluding carboxylic acids is 1. The number of hydrogen-bond donors (Lipinski definition) is 0. The van der Waals surface area contributed by atoms with Crippen LogP contribution in [0.1, 0.15) is 28.8 Å². The molecule has 108 valence electrons. The number of para-hydroxylation sites is 1. The van der Waals surface area contributed by atoms with Crippen molar-refractivity contribution in [1.82, 2.24) is 4.90 Å². The number of nitro benzene ring substituents is 1. The minimum absolute atomic E-state index is 0.0867. The standard InChI is InChI=1S/C14H17BrN2O3/c1-9-4-3-5-12(13(9)17(19)20)14(18)16(2)8-10-6-11(15)7-10/h3-5,10-11H,6-8H2,1-2H3. The number of nitro groups is 1. The molecule has 1 aromatic carbocycles. The van der Waals surface area contributed by atoms with Crippen molar-refractivity contribution < 1.29 is 9.72 Å². The van der Waals surface area contributed by atoms with Gasteiger partial charge in [0.05, 0.1) is 4.92 Å². The fourth-order valence-electron chi connectivity index (χ4n) is 2.55. The van der Waals surface area contributed by atoms with Crippen molar-refractivity contribution >= 4 is 27.5 Å². The molecule has 0 N–H and O–H groups in total. The summed E-state index contributed by atoms with van der Waals surface area (Å²) in [5, 5.41) is 11.1. The molecule has 0 aromatic heterocycles. The van der Waals surface area contributed by atoms with Gasteiger partial charge in [-0.3, -0.25) is 14.9 Å². The smallest absolute Gasteiger partial charge is 0.285 e. The zero-order valence-corrected chi connectivity index (χ0v) is 13.1. The number of amides is 1. The van der Waals surface area contributed by atoms with Crippen LogP contribution in [0.25, 0.3) is 0 Å². The van der Waals surface area contributed by atoms with Crippen LogP contribution in [0.15, 0.2) is 18.2 Å². The molecule has 0 aliphatic heterocycles. The van der Waals surface area contributed by atoms with Gasteiger partial charge >= 0.3 is 0 Å². The Morgan fingerprint density at radius 2 is 2.15 bits per heavy atom. The lowest BCUT2D eigenvalue weighted by Gasteiger charge is -2.34. The van der Waals surface area contributed by atoms with E-state index in [1.54, 1.807) is 31.0 Å². The first-order valence-electron chi connectivity index (χ1n) is 6.53. The Kier molecular flexibility index (Phi) is 4.42. The van der Waals surface area contributed by atoms with Crippen LogP contribution in [0.2, 0.25) is 0 Å². The van der Waals surface area contributed by atoms with Crippen LogP contribution in [0.5, 0.6) is 0 Å². The van der Waals surface area contributed by atoms with Crippen molar-refractivity contribution in [3.05, 3.63) is 39.4 Å². The summed E-state index contributed by atoms with van der Waals surface area (Å²) in [6.07, 6.45) is 2.10. The van der Waals surface area contributed by atoms with Crippen molar-refractivity contribution in [2.24, 2.45) is 5.92 Å². The Labute approximate surface area is 126 Å². The Morgan fingerprint density at radius 1 is 1.50 bits per heavy atom. The van der Waals surface area contributed by atoms with Crippen molar-refractivity contribution in [1.29, 1.82) is 0 Å². The molecule has 1 amide bonds. The molecule has 0 spiro atoms. The zero-order chi connectivity index (χ0) is 14.9. The molecule has 0 unspecified atom stereocenters. The van der Waals surface area contributed by atoms with Gasteiger partial charge in [-0.1, -0.05) is 28.1 Å². The number of alkyl halides is 1. The lowest BCUT2D eigenvalue weighted by atomic mass is 9.85. The Balaban J connectivity index is 2.16. The maximum atomic E-state index is 12.4. The predicted octanol–water partition coefficient (Wildman–Crippen LogP) is 3.15. The van der Waals surface area contributed by atoms with E-state index >= 15 is 0 Å². The summed E-state index contributed by atoms with van der Waals surface area (Å²) in [6, 6.07) is 4.86. The minimum Gasteiger partial charge on any atom is -0.341 e. The summed E-state index contributed by atoms with van der Waals surface area (Å²) in [5.41, 5.74) is 0.599. The average molecular weight is 341 g/mol. The van der Waals surface area contributed by atoms with E-state index in [1.807, 2.05) is 0 Å². The molecule has 0 bridgehead atoms. The highest BCUT2D eigenvalue weighted by molar-refractivity contribution is 9.09. The molecule has 0 heterocycles. The Morgan fingerprint density at radius 3 is 2.70 bits per heavy atom. The van der Waals surface area contributed by atoms with Gasteiger partial charge in [0, 0.05) is 24.0 Å². The monoisotopic (exact) mass is 340 g/mol. The number of halogens is 1. The highest BCUT2D eigenvalue weighted by Crippen LogP contribution is 2.34. The van der Waals surface area contributed by atoms with Crippen LogP contribution in [0.3, 0.4) is 0 Å². The number of hydrogen-bond acceptors (Lipinski definition) is 3. The summed E-state index contributed by atoms with van der Waals surface area (Å²) in [4.78, 5) is 25.2. The number of rotatable bonds is 4. The zero-order valence-electron chi connectivity index (χ0n) is 11.5. The first-order valence-corrected chi connectivity index (χ1v) is 7.45. The van der Waals surface area contributed by atoms with Crippen LogP contribution in [-0.2, 0) is 0 Å². The van der Waals surface area contributed by atoms with E-state index in [0.29, 0.717) is 22.9 Å². The quantitative estimate of drug-likeness (QED) is 0.480. The Hall–Kier alpha value is -1.43. The van der Waals surface area contributed by atoms with E-state index in [4.69, 9.17) is 0 Å². The molecular formula is C14H17BrN2O3. The molecule has 1 aliphatic carbocycles. The van der Waals surface area contributed by atoms with Gasteiger partial charge in [-0.05, 0) is 31.7 Å². The summed E-state index contributed by atoms with van der Waals surface area (Å²) in [6.45, 7) is 2.29. The maximum Gasteiger partial charge on any atom is 0.285 e. The van der Waals surface area contributed by atoms with Gasteiger partial charge in [-0.2, -0.15) is 0 Å². The molecule has 6 heteroatoms. The molecule has 0 saturated heterocycles. The van der Waals surface area contributed by atoms with E-state index in [9.17, 15) is 14.9 Å². The van der Waals surface area contributed by atoms with Crippen molar-refractivity contribution in [2.45, 2.75) is 24.6 Å². The third-order valence-corrected chi connectivity index (χ3v) is 4.46. The molecular weight excluding hydrogens is 324 g/mol. The van der Waals surface area contributed by atoms with Gasteiger partial charge in [0.15, 0.2) is 0 Å². The second kappa shape index (κ2) is 5.91. The van der Waals surface area contributed by atoms with Crippen LogP contribution in [0, 0.1) is 23.0 Å².